The first-order valence-electron chi connectivity index (χ1n) is 6.65. The lowest BCUT2D eigenvalue weighted by atomic mass is 10.1. The predicted molar refractivity (Wildman–Crippen MR) is 74.7 cm³/mol. The number of aromatic nitrogens is 1. The molecule has 2 N–H and O–H groups in total. The molecule has 0 saturated carbocycles. The number of benzene rings is 1. The van der Waals surface area contributed by atoms with Crippen LogP contribution in [0.15, 0.2) is 42.6 Å². The van der Waals surface area contributed by atoms with Crippen LogP contribution in [-0.4, -0.2) is 16.2 Å². The van der Waals surface area contributed by atoms with E-state index in [0.717, 1.165) is 17.7 Å². The maximum atomic E-state index is 10.1. The van der Waals surface area contributed by atoms with E-state index < -0.39 is 0 Å². The number of nitrogens with one attached hydrogen (secondary N) is 1. The minimum atomic E-state index is -0.345. The lowest BCUT2D eigenvalue weighted by Crippen LogP contribution is -2.28. The number of hydrogen-bond donors (Lipinski definition) is 2. The summed E-state index contributed by atoms with van der Waals surface area (Å²) in [5.41, 5.74) is 4.61. The molecule has 0 spiro atoms. The summed E-state index contributed by atoms with van der Waals surface area (Å²) in [4.78, 5) is 4.38. The molecular formula is C16H18N2O. The number of fused-ring (bicyclic) bond motifs is 1. The van der Waals surface area contributed by atoms with Gasteiger partial charge in [-0.1, -0.05) is 30.3 Å². The average Bonchev–Trinajstić information content (AvgIpc) is 2.74. The van der Waals surface area contributed by atoms with E-state index >= 15 is 0 Å². The monoisotopic (exact) mass is 254 g/mol. The van der Waals surface area contributed by atoms with E-state index in [1.807, 2.05) is 31.3 Å². The van der Waals surface area contributed by atoms with Gasteiger partial charge in [0.15, 0.2) is 0 Å². The maximum absolute atomic E-state index is 10.1. The van der Waals surface area contributed by atoms with Gasteiger partial charge in [-0.2, -0.15) is 0 Å². The highest BCUT2D eigenvalue weighted by molar-refractivity contribution is 5.36. The molecule has 3 rings (SSSR count). The SMILES string of the molecule is Cc1ccc(CN[C@@H]2c3ccccc3C[C@@H]2O)nc1. The Labute approximate surface area is 113 Å². The maximum Gasteiger partial charge on any atom is 0.0775 e. The smallest absolute Gasteiger partial charge is 0.0775 e. The molecule has 1 aliphatic carbocycles. The Balaban J connectivity index is 1.72. The van der Waals surface area contributed by atoms with Gasteiger partial charge in [0.2, 0.25) is 0 Å². The van der Waals surface area contributed by atoms with Crippen molar-refractivity contribution in [2.75, 3.05) is 0 Å². The number of aryl methyl sites for hydroxylation is 1. The van der Waals surface area contributed by atoms with Crippen LogP contribution >= 0.6 is 0 Å². The first kappa shape index (κ1) is 12.3. The van der Waals surface area contributed by atoms with Gasteiger partial charge in [-0.3, -0.25) is 4.98 Å². The van der Waals surface area contributed by atoms with Gasteiger partial charge in [0.05, 0.1) is 17.8 Å². The highest BCUT2D eigenvalue weighted by atomic mass is 16.3. The van der Waals surface area contributed by atoms with E-state index in [2.05, 4.69) is 28.5 Å². The van der Waals surface area contributed by atoms with Crippen LogP contribution in [0.5, 0.6) is 0 Å². The number of pyridine rings is 1. The summed E-state index contributed by atoms with van der Waals surface area (Å²) in [5, 5.41) is 13.6. The second-order valence-electron chi connectivity index (χ2n) is 5.16. The Bertz CT molecular complexity index is 565. The predicted octanol–water partition coefficient (Wildman–Crippen LogP) is 2.14. The van der Waals surface area contributed by atoms with E-state index in [1.165, 1.54) is 11.1 Å². The fraction of sp³-hybridized carbons (Fsp3) is 0.312. The quantitative estimate of drug-likeness (QED) is 0.882. The zero-order valence-electron chi connectivity index (χ0n) is 11.0. The van der Waals surface area contributed by atoms with Gasteiger partial charge in [0, 0.05) is 19.2 Å². The molecule has 0 bridgehead atoms. The molecule has 0 amide bonds. The molecule has 2 aromatic rings. The fourth-order valence-corrected chi connectivity index (χ4v) is 2.64. The Morgan fingerprint density at radius 1 is 1.26 bits per heavy atom. The zero-order chi connectivity index (χ0) is 13.2. The van der Waals surface area contributed by atoms with Crippen molar-refractivity contribution in [3.63, 3.8) is 0 Å². The largest absolute Gasteiger partial charge is 0.391 e. The van der Waals surface area contributed by atoms with E-state index in [-0.39, 0.29) is 12.1 Å². The summed E-state index contributed by atoms with van der Waals surface area (Å²) in [6.07, 6.45) is 2.26. The fourth-order valence-electron chi connectivity index (χ4n) is 2.64. The summed E-state index contributed by atoms with van der Waals surface area (Å²) in [7, 11) is 0. The molecule has 1 aromatic heterocycles. The summed E-state index contributed by atoms with van der Waals surface area (Å²) in [5.74, 6) is 0. The lowest BCUT2D eigenvalue weighted by Gasteiger charge is -2.17. The molecule has 0 unspecified atom stereocenters. The molecule has 0 radical (unpaired) electrons. The van der Waals surface area contributed by atoms with Crippen LogP contribution in [0.2, 0.25) is 0 Å². The molecule has 3 nitrogen and oxygen atoms in total. The Morgan fingerprint density at radius 3 is 2.89 bits per heavy atom. The van der Waals surface area contributed by atoms with Crippen molar-refractivity contribution in [3.8, 4) is 0 Å². The second kappa shape index (κ2) is 5.11. The van der Waals surface area contributed by atoms with Crippen molar-refractivity contribution >= 4 is 0 Å². The standard InChI is InChI=1S/C16H18N2O/c1-11-6-7-13(17-9-11)10-18-16-14-5-3-2-4-12(14)8-15(16)19/h2-7,9,15-16,18-19H,8,10H2,1H3/t15-,16+/m0/s1. The van der Waals surface area contributed by atoms with Crippen molar-refractivity contribution < 1.29 is 5.11 Å². The molecule has 3 heteroatoms. The number of hydrogen-bond acceptors (Lipinski definition) is 3. The summed E-state index contributed by atoms with van der Waals surface area (Å²) < 4.78 is 0. The van der Waals surface area contributed by atoms with Crippen LogP contribution in [0.4, 0.5) is 0 Å². The van der Waals surface area contributed by atoms with Gasteiger partial charge in [-0.25, -0.2) is 0 Å². The van der Waals surface area contributed by atoms with Crippen molar-refractivity contribution in [1.82, 2.24) is 10.3 Å². The average molecular weight is 254 g/mol. The summed E-state index contributed by atoms with van der Waals surface area (Å²) in [6.45, 7) is 2.71. The summed E-state index contributed by atoms with van der Waals surface area (Å²) >= 11 is 0. The first-order valence-corrected chi connectivity index (χ1v) is 6.65. The molecular weight excluding hydrogens is 236 g/mol. The highest BCUT2D eigenvalue weighted by Crippen LogP contribution is 2.31. The van der Waals surface area contributed by atoms with Gasteiger partial charge in [-0.05, 0) is 29.7 Å². The van der Waals surface area contributed by atoms with Crippen LogP contribution in [0.25, 0.3) is 0 Å². The Morgan fingerprint density at radius 2 is 2.11 bits per heavy atom. The molecule has 98 valence electrons. The third-order valence-electron chi connectivity index (χ3n) is 3.68. The molecule has 0 aliphatic heterocycles. The van der Waals surface area contributed by atoms with E-state index in [9.17, 15) is 5.11 Å². The first-order chi connectivity index (χ1) is 9.24. The van der Waals surface area contributed by atoms with Crippen LogP contribution in [0, 0.1) is 6.92 Å². The molecule has 1 aromatic carbocycles. The number of nitrogens with zero attached hydrogens (tertiary/aromatic N) is 1. The van der Waals surface area contributed by atoms with Gasteiger partial charge in [-0.15, -0.1) is 0 Å². The van der Waals surface area contributed by atoms with Gasteiger partial charge in [0.25, 0.3) is 0 Å². The third-order valence-corrected chi connectivity index (χ3v) is 3.68. The van der Waals surface area contributed by atoms with Crippen LogP contribution < -0.4 is 5.32 Å². The second-order valence-corrected chi connectivity index (χ2v) is 5.16. The minimum Gasteiger partial charge on any atom is -0.391 e. The number of rotatable bonds is 3. The topological polar surface area (TPSA) is 45.1 Å². The van der Waals surface area contributed by atoms with E-state index in [1.54, 1.807) is 0 Å². The van der Waals surface area contributed by atoms with Gasteiger partial charge >= 0.3 is 0 Å². The molecule has 2 atom stereocenters. The normalized spacial score (nSPS) is 21.4. The lowest BCUT2D eigenvalue weighted by molar-refractivity contribution is 0.140. The summed E-state index contributed by atoms with van der Waals surface area (Å²) in [6, 6.07) is 12.3. The molecule has 0 saturated heterocycles. The minimum absolute atomic E-state index is 0.0132. The van der Waals surface area contributed by atoms with Gasteiger partial charge < -0.3 is 10.4 Å². The van der Waals surface area contributed by atoms with Crippen molar-refractivity contribution in [2.24, 2.45) is 0 Å². The molecule has 1 heterocycles. The van der Waals surface area contributed by atoms with E-state index in [0.29, 0.717) is 6.54 Å². The number of aliphatic hydroxyl groups excluding tert-OH is 1. The third kappa shape index (κ3) is 2.53. The zero-order valence-corrected chi connectivity index (χ0v) is 11.0. The van der Waals surface area contributed by atoms with Gasteiger partial charge in [0.1, 0.15) is 0 Å². The molecule has 19 heavy (non-hydrogen) atoms. The molecule has 1 aliphatic rings. The number of aliphatic hydroxyl groups is 1. The van der Waals surface area contributed by atoms with Crippen LogP contribution in [0.3, 0.4) is 0 Å². The molecule has 0 fully saturated rings. The Hall–Kier alpha value is -1.71. The van der Waals surface area contributed by atoms with E-state index in [4.69, 9.17) is 0 Å². The van der Waals surface area contributed by atoms with Crippen LogP contribution in [0.1, 0.15) is 28.4 Å². The Kier molecular flexibility index (Phi) is 3.32. The van der Waals surface area contributed by atoms with Crippen molar-refractivity contribution in [1.29, 1.82) is 0 Å². The van der Waals surface area contributed by atoms with Crippen molar-refractivity contribution in [3.05, 3.63) is 65.0 Å². The van der Waals surface area contributed by atoms with Crippen molar-refractivity contribution in [2.45, 2.75) is 32.0 Å². The highest BCUT2D eigenvalue weighted by Gasteiger charge is 2.30. The van der Waals surface area contributed by atoms with Crippen LogP contribution in [-0.2, 0) is 13.0 Å².